The molecule has 0 saturated heterocycles. The highest BCUT2D eigenvalue weighted by Gasteiger charge is 2.16. The number of tetrazole rings is 1. The lowest BCUT2D eigenvalue weighted by molar-refractivity contribution is -0.113. The van der Waals surface area contributed by atoms with E-state index >= 15 is 0 Å². The molecule has 0 aliphatic heterocycles. The third kappa shape index (κ3) is 5.29. The summed E-state index contributed by atoms with van der Waals surface area (Å²) in [5.74, 6) is 1.89. The Morgan fingerprint density at radius 1 is 1.15 bits per heavy atom. The number of anilines is 1. The molecule has 176 valence electrons. The van der Waals surface area contributed by atoms with E-state index in [1.807, 2.05) is 54.8 Å². The standard InChI is InChI=1S/C22H22N6O4S2/c1-4-32-19-8-6-5-7-17(19)28-22(25-26-27-28)34-13-20(29)24-21-23-16(12-33-21)15-11-14(30-2)9-10-18(15)31-3/h5-12H,4,13H2,1-3H3,(H,23,24,29). The SMILES string of the molecule is CCOc1ccccc1-n1nnnc1SCC(=O)Nc1nc(-c2cc(OC)ccc2OC)cs1. The summed E-state index contributed by atoms with van der Waals surface area (Å²) < 4.78 is 17.9. The molecular formula is C22H22N6O4S2. The third-order valence-corrected chi connectivity index (χ3v) is 6.28. The highest BCUT2D eigenvalue weighted by molar-refractivity contribution is 7.99. The van der Waals surface area contributed by atoms with E-state index < -0.39 is 0 Å². The molecule has 0 radical (unpaired) electrons. The van der Waals surface area contributed by atoms with Crippen molar-refractivity contribution in [2.75, 3.05) is 31.9 Å². The first-order valence-corrected chi connectivity index (χ1v) is 12.1. The molecule has 0 aliphatic rings. The van der Waals surface area contributed by atoms with Crippen LogP contribution in [0.2, 0.25) is 0 Å². The molecule has 12 heteroatoms. The van der Waals surface area contributed by atoms with Gasteiger partial charge in [-0.2, -0.15) is 4.68 Å². The number of rotatable bonds is 10. The van der Waals surface area contributed by atoms with E-state index in [4.69, 9.17) is 14.2 Å². The van der Waals surface area contributed by atoms with Crippen molar-refractivity contribution in [1.29, 1.82) is 0 Å². The number of aromatic nitrogens is 5. The predicted octanol–water partition coefficient (Wildman–Crippen LogP) is 3.93. The Kier molecular flexibility index (Phi) is 7.60. The maximum Gasteiger partial charge on any atom is 0.236 e. The fourth-order valence-electron chi connectivity index (χ4n) is 3.08. The lowest BCUT2D eigenvalue weighted by Crippen LogP contribution is -2.14. The minimum absolute atomic E-state index is 0.106. The number of carbonyl (C=O) groups excluding carboxylic acids is 1. The molecule has 0 spiro atoms. The molecule has 0 bridgehead atoms. The fourth-order valence-corrected chi connectivity index (χ4v) is 4.49. The van der Waals surface area contributed by atoms with Crippen molar-refractivity contribution in [3.8, 4) is 34.2 Å². The van der Waals surface area contributed by atoms with Crippen LogP contribution in [-0.2, 0) is 4.79 Å². The largest absolute Gasteiger partial charge is 0.497 e. The van der Waals surface area contributed by atoms with E-state index in [0.29, 0.717) is 45.5 Å². The van der Waals surface area contributed by atoms with Crippen LogP contribution in [0.5, 0.6) is 17.2 Å². The summed E-state index contributed by atoms with van der Waals surface area (Å²) in [6.07, 6.45) is 0. The van der Waals surface area contributed by atoms with Crippen LogP contribution in [-0.4, -0.2) is 57.7 Å². The van der Waals surface area contributed by atoms with Gasteiger partial charge in [0.05, 0.1) is 32.3 Å². The van der Waals surface area contributed by atoms with E-state index in [1.54, 1.807) is 18.9 Å². The summed E-state index contributed by atoms with van der Waals surface area (Å²) in [6.45, 7) is 2.42. The molecule has 0 aliphatic carbocycles. The van der Waals surface area contributed by atoms with Gasteiger partial charge in [0.15, 0.2) is 5.13 Å². The highest BCUT2D eigenvalue weighted by Crippen LogP contribution is 2.35. The predicted molar refractivity (Wildman–Crippen MR) is 130 cm³/mol. The second-order valence-electron chi connectivity index (χ2n) is 6.71. The topological polar surface area (TPSA) is 113 Å². The first-order valence-electron chi connectivity index (χ1n) is 10.2. The zero-order chi connectivity index (χ0) is 23.9. The van der Waals surface area contributed by atoms with Crippen LogP contribution >= 0.6 is 23.1 Å². The molecule has 34 heavy (non-hydrogen) atoms. The summed E-state index contributed by atoms with van der Waals surface area (Å²) >= 11 is 2.54. The minimum atomic E-state index is -0.226. The number of nitrogens with zero attached hydrogens (tertiary/aromatic N) is 5. The van der Waals surface area contributed by atoms with Crippen LogP contribution in [0.25, 0.3) is 16.9 Å². The monoisotopic (exact) mass is 498 g/mol. The Labute approximate surface area is 204 Å². The smallest absolute Gasteiger partial charge is 0.236 e. The van der Waals surface area contributed by atoms with Gasteiger partial charge in [0.2, 0.25) is 11.1 Å². The van der Waals surface area contributed by atoms with Crippen molar-refractivity contribution in [2.24, 2.45) is 0 Å². The van der Waals surface area contributed by atoms with Gasteiger partial charge in [0, 0.05) is 10.9 Å². The van der Waals surface area contributed by atoms with Crippen LogP contribution in [0.15, 0.2) is 53.0 Å². The van der Waals surface area contributed by atoms with Gasteiger partial charge in [-0.1, -0.05) is 23.9 Å². The third-order valence-electron chi connectivity index (χ3n) is 4.60. The van der Waals surface area contributed by atoms with Crippen LogP contribution in [0.1, 0.15) is 6.92 Å². The molecule has 10 nitrogen and oxygen atoms in total. The van der Waals surface area contributed by atoms with E-state index in [9.17, 15) is 4.79 Å². The van der Waals surface area contributed by atoms with Gasteiger partial charge >= 0.3 is 0 Å². The lowest BCUT2D eigenvalue weighted by Gasteiger charge is -2.10. The highest BCUT2D eigenvalue weighted by atomic mass is 32.2. The Morgan fingerprint density at radius 2 is 2.00 bits per heavy atom. The average Bonchev–Trinajstić information content (AvgIpc) is 3.52. The van der Waals surface area contributed by atoms with Crippen molar-refractivity contribution in [2.45, 2.75) is 12.1 Å². The number of thiazole rings is 1. The van der Waals surface area contributed by atoms with Crippen molar-refractivity contribution in [1.82, 2.24) is 25.2 Å². The maximum absolute atomic E-state index is 12.6. The zero-order valence-corrected chi connectivity index (χ0v) is 20.4. The Bertz CT molecular complexity index is 1280. The molecule has 2 aromatic carbocycles. The number of thioether (sulfide) groups is 1. The summed E-state index contributed by atoms with van der Waals surface area (Å²) in [5, 5.41) is 17.5. The van der Waals surface area contributed by atoms with Crippen LogP contribution in [0.4, 0.5) is 5.13 Å². The first kappa shape index (κ1) is 23.5. The molecule has 0 atom stereocenters. The van der Waals surface area contributed by atoms with Crippen molar-refractivity contribution < 1.29 is 19.0 Å². The van der Waals surface area contributed by atoms with Crippen molar-refractivity contribution >= 4 is 34.1 Å². The number of hydrogen-bond acceptors (Lipinski definition) is 10. The molecule has 0 fully saturated rings. The number of ether oxygens (including phenoxy) is 3. The number of para-hydroxylation sites is 2. The summed E-state index contributed by atoms with van der Waals surface area (Å²) in [5.41, 5.74) is 2.16. The van der Waals surface area contributed by atoms with Crippen LogP contribution in [0.3, 0.4) is 0 Å². The molecule has 0 saturated carbocycles. The molecule has 4 aromatic rings. The van der Waals surface area contributed by atoms with Crippen LogP contribution < -0.4 is 19.5 Å². The van der Waals surface area contributed by atoms with Gasteiger partial charge in [-0.3, -0.25) is 4.79 Å². The Balaban J connectivity index is 1.43. The molecule has 0 unspecified atom stereocenters. The van der Waals surface area contributed by atoms with Crippen molar-refractivity contribution in [3.05, 3.63) is 47.8 Å². The fraction of sp³-hybridized carbons (Fsp3) is 0.227. The average molecular weight is 499 g/mol. The van der Waals surface area contributed by atoms with E-state index in [0.717, 1.165) is 5.56 Å². The first-order chi connectivity index (χ1) is 16.6. The molecule has 2 heterocycles. The second-order valence-corrected chi connectivity index (χ2v) is 8.52. The number of amides is 1. The molecule has 1 N–H and O–H groups in total. The summed E-state index contributed by atoms with van der Waals surface area (Å²) in [7, 11) is 3.19. The molecular weight excluding hydrogens is 476 g/mol. The minimum Gasteiger partial charge on any atom is -0.497 e. The Morgan fingerprint density at radius 3 is 2.79 bits per heavy atom. The number of carbonyl (C=O) groups is 1. The van der Waals surface area contributed by atoms with Crippen LogP contribution in [0, 0.1) is 0 Å². The van der Waals surface area contributed by atoms with E-state index in [-0.39, 0.29) is 11.7 Å². The quantitative estimate of drug-likeness (QED) is 0.325. The van der Waals surface area contributed by atoms with E-state index in [2.05, 4.69) is 25.8 Å². The van der Waals surface area contributed by atoms with Crippen molar-refractivity contribution in [3.63, 3.8) is 0 Å². The number of methoxy groups -OCH3 is 2. The molecule has 4 rings (SSSR count). The number of hydrogen-bond donors (Lipinski definition) is 1. The zero-order valence-electron chi connectivity index (χ0n) is 18.7. The van der Waals surface area contributed by atoms with E-state index in [1.165, 1.54) is 23.1 Å². The van der Waals surface area contributed by atoms with Gasteiger partial charge in [0.1, 0.15) is 22.9 Å². The van der Waals surface area contributed by atoms with Gasteiger partial charge in [-0.15, -0.1) is 16.4 Å². The summed E-state index contributed by atoms with van der Waals surface area (Å²) in [6, 6.07) is 12.9. The van der Waals surface area contributed by atoms with Gasteiger partial charge in [0.25, 0.3) is 0 Å². The molecule has 2 aromatic heterocycles. The summed E-state index contributed by atoms with van der Waals surface area (Å²) in [4.78, 5) is 17.1. The Hall–Kier alpha value is -3.64. The number of benzene rings is 2. The number of nitrogens with one attached hydrogen (secondary N) is 1. The molecule has 1 amide bonds. The lowest BCUT2D eigenvalue weighted by atomic mass is 10.1. The second kappa shape index (κ2) is 11.0. The van der Waals surface area contributed by atoms with Gasteiger partial charge < -0.3 is 19.5 Å². The normalized spacial score (nSPS) is 10.7. The van der Waals surface area contributed by atoms with Gasteiger partial charge in [-0.05, 0) is 47.7 Å². The maximum atomic E-state index is 12.6. The van der Waals surface area contributed by atoms with Gasteiger partial charge in [-0.25, -0.2) is 4.98 Å².